The summed E-state index contributed by atoms with van der Waals surface area (Å²) in [4.78, 5) is 11.6. The van der Waals surface area contributed by atoms with Crippen molar-refractivity contribution in [3.63, 3.8) is 0 Å². The van der Waals surface area contributed by atoms with E-state index < -0.39 is 27.9 Å². The molecule has 0 bridgehead atoms. The first kappa shape index (κ1) is 18.1. The van der Waals surface area contributed by atoms with E-state index >= 15 is 0 Å². The molecule has 0 fully saturated rings. The van der Waals surface area contributed by atoms with E-state index in [1.54, 1.807) is 12.1 Å². The summed E-state index contributed by atoms with van der Waals surface area (Å²) < 4.78 is 39.1. The van der Waals surface area contributed by atoms with E-state index in [0.717, 1.165) is 9.87 Å². The van der Waals surface area contributed by atoms with Crippen LogP contribution in [0.1, 0.15) is 11.1 Å². The predicted octanol–water partition coefficient (Wildman–Crippen LogP) is 2.45. The molecule has 0 aromatic heterocycles. The third kappa shape index (κ3) is 3.98. The lowest BCUT2D eigenvalue weighted by Gasteiger charge is -2.24. The van der Waals surface area contributed by atoms with Crippen molar-refractivity contribution in [2.45, 2.75) is 24.3 Å². The minimum absolute atomic E-state index is 0.0287. The maximum atomic E-state index is 13.0. The summed E-state index contributed by atoms with van der Waals surface area (Å²) in [6.07, 6.45) is -0.0583. The zero-order chi connectivity index (χ0) is 17.9. The van der Waals surface area contributed by atoms with Gasteiger partial charge in [0.2, 0.25) is 10.0 Å². The quantitative estimate of drug-likeness (QED) is 0.867. The lowest BCUT2D eigenvalue weighted by atomic mass is 10.1. The Morgan fingerprint density at radius 3 is 2.17 bits per heavy atom. The molecule has 24 heavy (non-hydrogen) atoms. The number of carbonyl (C=O) groups is 1. The van der Waals surface area contributed by atoms with Crippen LogP contribution in [0.2, 0.25) is 0 Å². The van der Waals surface area contributed by atoms with Crippen molar-refractivity contribution < 1.29 is 22.7 Å². The molecule has 128 valence electrons. The van der Waals surface area contributed by atoms with E-state index in [1.807, 2.05) is 6.92 Å². The van der Waals surface area contributed by atoms with Crippen LogP contribution in [0.5, 0.6) is 0 Å². The van der Waals surface area contributed by atoms with Gasteiger partial charge in [-0.3, -0.25) is 4.79 Å². The van der Waals surface area contributed by atoms with E-state index in [0.29, 0.717) is 5.56 Å². The SMILES string of the molecule is Cc1ccc(S(=O)(=O)N(C)C(Cc2ccc(F)cc2)C(=O)O)cc1. The smallest absolute Gasteiger partial charge is 0.322 e. The molecule has 0 saturated heterocycles. The van der Waals surface area contributed by atoms with E-state index in [4.69, 9.17) is 0 Å². The fourth-order valence-corrected chi connectivity index (χ4v) is 3.57. The van der Waals surface area contributed by atoms with Crippen LogP contribution in [-0.2, 0) is 21.2 Å². The Bertz CT molecular complexity index is 817. The summed E-state index contributed by atoms with van der Waals surface area (Å²) in [6.45, 7) is 1.83. The molecule has 2 rings (SSSR count). The number of benzene rings is 2. The standard InChI is InChI=1S/C17H18FNO4S/c1-12-3-9-15(10-4-12)24(22,23)19(2)16(17(20)21)11-13-5-7-14(18)8-6-13/h3-10,16H,11H2,1-2H3,(H,20,21). The van der Waals surface area contributed by atoms with Gasteiger partial charge in [-0.25, -0.2) is 12.8 Å². The van der Waals surface area contributed by atoms with Gasteiger partial charge in [-0.2, -0.15) is 4.31 Å². The van der Waals surface area contributed by atoms with Crippen molar-refractivity contribution in [3.8, 4) is 0 Å². The fourth-order valence-electron chi connectivity index (χ4n) is 2.26. The first-order valence-electron chi connectivity index (χ1n) is 7.24. The van der Waals surface area contributed by atoms with Crippen LogP contribution in [0.4, 0.5) is 4.39 Å². The summed E-state index contributed by atoms with van der Waals surface area (Å²) in [5.74, 6) is -1.70. The van der Waals surface area contributed by atoms with E-state index in [9.17, 15) is 22.7 Å². The zero-order valence-corrected chi connectivity index (χ0v) is 14.1. The molecule has 2 aromatic carbocycles. The molecule has 0 heterocycles. The third-order valence-corrected chi connectivity index (χ3v) is 5.64. The topological polar surface area (TPSA) is 74.7 Å². The van der Waals surface area contributed by atoms with Crippen LogP contribution in [-0.4, -0.2) is 36.9 Å². The molecule has 0 aliphatic rings. The van der Waals surface area contributed by atoms with Gasteiger partial charge in [0.1, 0.15) is 11.9 Å². The Balaban J connectivity index is 2.31. The van der Waals surface area contributed by atoms with Crippen molar-refractivity contribution in [1.29, 1.82) is 0 Å². The van der Waals surface area contributed by atoms with Gasteiger partial charge in [-0.1, -0.05) is 29.8 Å². The lowest BCUT2D eigenvalue weighted by molar-refractivity contribution is -0.141. The normalized spacial score (nSPS) is 13.0. The summed E-state index contributed by atoms with van der Waals surface area (Å²) in [5, 5.41) is 9.43. The van der Waals surface area contributed by atoms with Gasteiger partial charge in [0.15, 0.2) is 0 Å². The first-order chi connectivity index (χ1) is 11.2. The second-order valence-electron chi connectivity index (χ2n) is 5.52. The van der Waals surface area contributed by atoms with E-state index in [2.05, 4.69) is 0 Å². The van der Waals surface area contributed by atoms with Crippen molar-refractivity contribution in [1.82, 2.24) is 4.31 Å². The van der Waals surface area contributed by atoms with Crippen LogP contribution in [0.15, 0.2) is 53.4 Å². The van der Waals surface area contributed by atoms with Crippen LogP contribution >= 0.6 is 0 Å². The number of aliphatic carboxylic acids is 1. The highest BCUT2D eigenvalue weighted by atomic mass is 32.2. The molecule has 0 amide bonds. The molecule has 5 nitrogen and oxygen atoms in total. The monoisotopic (exact) mass is 351 g/mol. The highest BCUT2D eigenvalue weighted by molar-refractivity contribution is 7.89. The molecular weight excluding hydrogens is 333 g/mol. The molecule has 7 heteroatoms. The number of nitrogens with zero attached hydrogens (tertiary/aromatic N) is 1. The maximum Gasteiger partial charge on any atom is 0.322 e. The van der Waals surface area contributed by atoms with Crippen molar-refractivity contribution in [2.75, 3.05) is 7.05 Å². The van der Waals surface area contributed by atoms with Crippen molar-refractivity contribution >= 4 is 16.0 Å². The van der Waals surface area contributed by atoms with Gasteiger partial charge in [0.05, 0.1) is 4.90 Å². The van der Waals surface area contributed by atoms with E-state index in [1.165, 1.54) is 43.4 Å². The third-order valence-electron chi connectivity index (χ3n) is 3.76. The Kier molecular flexibility index (Phi) is 5.36. The Morgan fingerprint density at radius 1 is 1.12 bits per heavy atom. The van der Waals surface area contributed by atoms with Crippen molar-refractivity contribution in [2.24, 2.45) is 0 Å². The van der Waals surface area contributed by atoms with Crippen molar-refractivity contribution in [3.05, 3.63) is 65.5 Å². The van der Waals surface area contributed by atoms with Gasteiger partial charge in [0, 0.05) is 7.05 Å². The van der Waals surface area contributed by atoms with Crippen LogP contribution in [0.3, 0.4) is 0 Å². The molecular formula is C17H18FNO4S. The zero-order valence-electron chi connectivity index (χ0n) is 13.3. The number of carboxylic acid groups (broad SMARTS) is 1. The predicted molar refractivity (Wildman–Crippen MR) is 87.7 cm³/mol. The number of hydrogen-bond donors (Lipinski definition) is 1. The van der Waals surface area contributed by atoms with Crippen LogP contribution < -0.4 is 0 Å². The molecule has 2 aromatic rings. The average Bonchev–Trinajstić information content (AvgIpc) is 2.53. The molecule has 1 atom stereocenters. The summed E-state index contributed by atoms with van der Waals surface area (Å²) in [7, 11) is -2.72. The largest absolute Gasteiger partial charge is 0.480 e. The highest BCUT2D eigenvalue weighted by Crippen LogP contribution is 2.19. The number of aryl methyl sites for hydroxylation is 1. The number of sulfonamides is 1. The average molecular weight is 351 g/mol. The summed E-state index contributed by atoms with van der Waals surface area (Å²) in [5.41, 5.74) is 1.44. The molecule has 1 unspecified atom stereocenters. The molecule has 0 aliphatic carbocycles. The molecule has 0 saturated carbocycles. The molecule has 0 spiro atoms. The minimum atomic E-state index is -3.95. The van der Waals surface area contributed by atoms with Crippen LogP contribution in [0, 0.1) is 12.7 Å². The maximum absolute atomic E-state index is 13.0. The fraction of sp³-hybridized carbons (Fsp3) is 0.235. The number of halogens is 1. The van der Waals surface area contributed by atoms with Crippen LogP contribution in [0.25, 0.3) is 0 Å². The highest BCUT2D eigenvalue weighted by Gasteiger charge is 2.32. The number of carboxylic acids is 1. The second-order valence-corrected chi connectivity index (χ2v) is 7.52. The van der Waals surface area contributed by atoms with Gasteiger partial charge in [0.25, 0.3) is 0 Å². The van der Waals surface area contributed by atoms with Gasteiger partial charge in [-0.15, -0.1) is 0 Å². The van der Waals surface area contributed by atoms with Gasteiger partial charge >= 0.3 is 5.97 Å². The number of hydrogen-bond acceptors (Lipinski definition) is 3. The molecule has 0 radical (unpaired) electrons. The summed E-state index contributed by atoms with van der Waals surface area (Å²) >= 11 is 0. The Labute approximate surface area is 140 Å². The lowest BCUT2D eigenvalue weighted by Crippen LogP contribution is -2.43. The van der Waals surface area contributed by atoms with Gasteiger partial charge < -0.3 is 5.11 Å². The summed E-state index contributed by atoms with van der Waals surface area (Å²) in [6, 6.07) is 10.2. The molecule has 1 N–H and O–H groups in total. The number of likely N-dealkylation sites (N-methyl/N-ethyl adjacent to an activating group) is 1. The van der Waals surface area contributed by atoms with Gasteiger partial charge in [-0.05, 0) is 43.2 Å². The number of rotatable bonds is 6. The van der Waals surface area contributed by atoms with E-state index in [-0.39, 0.29) is 11.3 Å². The molecule has 0 aliphatic heterocycles. The first-order valence-corrected chi connectivity index (χ1v) is 8.68. The Hall–Kier alpha value is -2.25. The second kappa shape index (κ2) is 7.11. The Morgan fingerprint density at radius 2 is 1.67 bits per heavy atom. The minimum Gasteiger partial charge on any atom is -0.480 e.